The number of benzene rings is 1. The Balaban J connectivity index is 2.42. The number of hydrogen-bond donors (Lipinski definition) is 2. The van der Waals surface area contributed by atoms with Gasteiger partial charge < -0.3 is 0 Å². The van der Waals surface area contributed by atoms with Crippen molar-refractivity contribution in [3.05, 3.63) is 47.7 Å². The Morgan fingerprint density at radius 3 is 2.43 bits per heavy atom. The normalized spacial score (nSPS) is 11.3. The third-order valence-corrected chi connectivity index (χ3v) is 4.30. The molecule has 0 unspecified atom stereocenters. The number of halogens is 1. The largest absolute Gasteiger partial charge is 0.289 e. The first-order valence-corrected chi connectivity index (χ1v) is 8.30. The molecule has 1 aromatic heterocycles. The van der Waals surface area contributed by atoms with Gasteiger partial charge in [-0.2, -0.15) is 0 Å². The SMILES string of the molecule is CCSc1ccc(-c2ccc(C(C)(C)F)cc2)nc1C(=O)NN. The number of carbonyl (C=O) groups excluding carboxylic acids is 1. The number of thioether (sulfide) groups is 1. The van der Waals surface area contributed by atoms with Crippen LogP contribution in [0, 0.1) is 0 Å². The number of carbonyl (C=O) groups is 1. The number of hydrogen-bond acceptors (Lipinski definition) is 4. The predicted molar refractivity (Wildman–Crippen MR) is 91.9 cm³/mol. The van der Waals surface area contributed by atoms with Crippen LogP contribution < -0.4 is 11.3 Å². The molecule has 0 saturated carbocycles. The lowest BCUT2D eigenvalue weighted by Gasteiger charge is -2.15. The standard InChI is InChI=1S/C17H20FN3OS/c1-4-23-14-10-9-13(20-15(14)16(22)21-19)11-5-7-12(8-6-11)17(2,3)18/h5-10H,4,19H2,1-3H3,(H,21,22). The number of nitrogens with one attached hydrogen (secondary N) is 1. The number of pyridine rings is 1. The summed E-state index contributed by atoms with van der Waals surface area (Å²) in [4.78, 5) is 17.1. The number of amides is 1. The zero-order valence-electron chi connectivity index (χ0n) is 13.4. The monoisotopic (exact) mass is 333 g/mol. The minimum atomic E-state index is -1.39. The molecule has 1 heterocycles. The maximum atomic E-state index is 13.9. The van der Waals surface area contributed by atoms with Crippen molar-refractivity contribution in [1.82, 2.24) is 10.4 Å². The molecular weight excluding hydrogens is 313 g/mol. The number of nitrogen functional groups attached to an aromatic ring is 1. The molecule has 0 bridgehead atoms. The maximum absolute atomic E-state index is 13.9. The topological polar surface area (TPSA) is 68.0 Å². The Morgan fingerprint density at radius 2 is 1.91 bits per heavy atom. The Hall–Kier alpha value is -1.92. The van der Waals surface area contributed by atoms with Crippen LogP contribution in [0.3, 0.4) is 0 Å². The molecule has 23 heavy (non-hydrogen) atoms. The number of aromatic nitrogens is 1. The smallest absolute Gasteiger partial charge is 0.284 e. The highest BCUT2D eigenvalue weighted by Crippen LogP contribution is 2.29. The second-order valence-electron chi connectivity index (χ2n) is 5.50. The first-order chi connectivity index (χ1) is 10.9. The van der Waals surface area contributed by atoms with E-state index in [0.717, 1.165) is 16.2 Å². The van der Waals surface area contributed by atoms with Crippen LogP contribution in [0.1, 0.15) is 36.8 Å². The van der Waals surface area contributed by atoms with Gasteiger partial charge in [0.1, 0.15) is 11.4 Å². The Kier molecular flexibility index (Phi) is 5.38. The molecule has 0 radical (unpaired) electrons. The molecule has 0 atom stereocenters. The molecule has 6 heteroatoms. The molecule has 0 fully saturated rings. The minimum Gasteiger partial charge on any atom is -0.289 e. The lowest BCUT2D eigenvalue weighted by molar-refractivity contribution is 0.0945. The number of nitrogens with zero attached hydrogens (tertiary/aromatic N) is 1. The molecule has 4 nitrogen and oxygen atoms in total. The van der Waals surface area contributed by atoms with Gasteiger partial charge in [-0.1, -0.05) is 31.2 Å². The molecule has 2 aromatic rings. The van der Waals surface area contributed by atoms with Crippen molar-refractivity contribution in [2.24, 2.45) is 5.84 Å². The zero-order chi connectivity index (χ0) is 17.0. The van der Waals surface area contributed by atoms with Gasteiger partial charge in [0.2, 0.25) is 0 Å². The fraction of sp³-hybridized carbons (Fsp3) is 0.294. The Bertz CT molecular complexity index is 696. The summed E-state index contributed by atoms with van der Waals surface area (Å²) < 4.78 is 13.9. The number of rotatable bonds is 5. The summed E-state index contributed by atoms with van der Waals surface area (Å²) in [6.45, 7) is 5.03. The molecule has 0 aliphatic heterocycles. The van der Waals surface area contributed by atoms with Crippen molar-refractivity contribution in [3.8, 4) is 11.3 Å². The van der Waals surface area contributed by atoms with E-state index in [0.29, 0.717) is 17.0 Å². The van der Waals surface area contributed by atoms with Crippen molar-refractivity contribution < 1.29 is 9.18 Å². The minimum absolute atomic E-state index is 0.298. The van der Waals surface area contributed by atoms with Crippen molar-refractivity contribution >= 4 is 17.7 Å². The van der Waals surface area contributed by atoms with Crippen molar-refractivity contribution in [3.63, 3.8) is 0 Å². The lowest BCUT2D eigenvalue weighted by atomic mass is 9.98. The van der Waals surface area contributed by atoms with Gasteiger partial charge in [-0.3, -0.25) is 10.2 Å². The predicted octanol–water partition coefficient (Wildman–Crippen LogP) is 3.67. The van der Waals surface area contributed by atoms with E-state index in [9.17, 15) is 9.18 Å². The summed E-state index contributed by atoms with van der Waals surface area (Å²) >= 11 is 1.53. The van der Waals surface area contributed by atoms with E-state index in [1.807, 2.05) is 19.1 Å². The Morgan fingerprint density at radius 1 is 1.26 bits per heavy atom. The van der Waals surface area contributed by atoms with Crippen LogP contribution in [0.2, 0.25) is 0 Å². The van der Waals surface area contributed by atoms with Gasteiger partial charge in [0.05, 0.1) is 5.69 Å². The van der Waals surface area contributed by atoms with Crippen molar-refractivity contribution in [2.75, 3.05) is 5.75 Å². The molecule has 0 aliphatic carbocycles. The zero-order valence-corrected chi connectivity index (χ0v) is 14.2. The van der Waals surface area contributed by atoms with Gasteiger partial charge in [0.15, 0.2) is 0 Å². The van der Waals surface area contributed by atoms with E-state index in [1.165, 1.54) is 25.6 Å². The molecule has 122 valence electrons. The fourth-order valence-electron chi connectivity index (χ4n) is 2.15. The van der Waals surface area contributed by atoms with Crippen LogP contribution in [0.15, 0.2) is 41.3 Å². The summed E-state index contributed by atoms with van der Waals surface area (Å²) in [5.74, 6) is 5.63. The first-order valence-electron chi connectivity index (χ1n) is 7.31. The summed E-state index contributed by atoms with van der Waals surface area (Å²) in [5, 5.41) is 0. The van der Waals surface area contributed by atoms with Gasteiger partial charge in [-0.25, -0.2) is 15.2 Å². The van der Waals surface area contributed by atoms with E-state index in [-0.39, 0.29) is 0 Å². The molecular formula is C17H20FN3OS. The van der Waals surface area contributed by atoms with Gasteiger partial charge in [-0.05, 0) is 37.3 Å². The van der Waals surface area contributed by atoms with Gasteiger partial charge in [-0.15, -0.1) is 11.8 Å². The van der Waals surface area contributed by atoms with Gasteiger partial charge >= 0.3 is 0 Å². The summed E-state index contributed by atoms with van der Waals surface area (Å²) in [6.07, 6.45) is 0. The second kappa shape index (κ2) is 7.10. The molecule has 0 saturated heterocycles. The van der Waals surface area contributed by atoms with Crippen LogP contribution in [0.4, 0.5) is 4.39 Å². The van der Waals surface area contributed by atoms with Gasteiger partial charge in [0.25, 0.3) is 5.91 Å². The third kappa shape index (κ3) is 4.09. The molecule has 1 aromatic carbocycles. The molecule has 0 spiro atoms. The van der Waals surface area contributed by atoms with E-state index in [2.05, 4.69) is 10.4 Å². The molecule has 1 amide bonds. The third-order valence-electron chi connectivity index (χ3n) is 3.37. The number of alkyl halides is 1. The second-order valence-corrected chi connectivity index (χ2v) is 6.81. The van der Waals surface area contributed by atoms with E-state index >= 15 is 0 Å². The lowest BCUT2D eigenvalue weighted by Crippen LogP contribution is -2.31. The molecule has 3 N–H and O–H groups in total. The van der Waals surface area contributed by atoms with Gasteiger partial charge in [0, 0.05) is 10.5 Å². The first kappa shape index (κ1) is 17.4. The van der Waals surface area contributed by atoms with Crippen molar-refractivity contribution in [2.45, 2.75) is 31.3 Å². The van der Waals surface area contributed by atoms with E-state index < -0.39 is 11.6 Å². The van der Waals surface area contributed by atoms with Crippen molar-refractivity contribution in [1.29, 1.82) is 0 Å². The highest BCUT2D eigenvalue weighted by atomic mass is 32.2. The summed E-state index contributed by atoms with van der Waals surface area (Å²) in [6, 6.07) is 10.8. The van der Waals surface area contributed by atoms with E-state index in [1.54, 1.807) is 24.3 Å². The number of hydrazine groups is 1. The number of nitrogens with two attached hydrogens (primary N) is 1. The average Bonchev–Trinajstić information content (AvgIpc) is 2.54. The van der Waals surface area contributed by atoms with Crippen LogP contribution in [0.25, 0.3) is 11.3 Å². The highest BCUT2D eigenvalue weighted by molar-refractivity contribution is 7.99. The highest BCUT2D eigenvalue weighted by Gasteiger charge is 2.19. The quantitative estimate of drug-likeness (QED) is 0.379. The average molecular weight is 333 g/mol. The van der Waals surface area contributed by atoms with Crippen LogP contribution in [-0.2, 0) is 5.67 Å². The summed E-state index contributed by atoms with van der Waals surface area (Å²) in [5.41, 5.74) is 3.09. The Labute approximate surface area is 139 Å². The van der Waals surface area contributed by atoms with Crippen LogP contribution in [-0.4, -0.2) is 16.6 Å². The molecule has 0 aliphatic rings. The van der Waals surface area contributed by atoms with Crippen LogP contribution >= 0.6 is 11.8 Å². The fourth-order valence-corrected chi connectivity index (χ4v) is 2.90. The van der Waals surface area contributed by atoms with E-state index in [4.69, 9.17) is 5.84 Å². The maximum Gasteiger partial charge on any atom is 0.284 e. The van der Waals surface area contributed by atoms with Crippen LogP contribution in [0.5, 0.6) is 0 Å². The summed E-state index contributed by atoms with van der Waals surface area (Å²) in [7, 11) is 0. The molecule has 2 rings (SSSR count).